The van der Waals surface area contributed by atoms with E-state index in [1.165, 1.54) is 0 Å². The molecule has 24 heavy (non-hydrogen) atoms. The quantitative estimate of drug-likeness (QED) is 0.774. The summed E-state index contributed by atoms with van der Waals surface area (Å²) in [6.07, 6.45) is 1.56. The molecule has 1 unspecified atom stereocenters. The van der Waals surface area contributed by atoms with Crippen LogP contribution in [0.15, 0.2) is 4.52 Å². The van der Waals surface area contributed by atoms with E-state index in [2.05, 4.69) is 27.4 Å². The molecule has 2 heterocycles. The maximum atomic E-state index is 12.0. The lowest BCUT2D eigenvalue weighted by molar-refractivity contribution is -0.130. The van der Waals surface area contributed by atoms with Crippen molar-refractivity contribution in [2.24, 2.45) is 0 Å². The van der Waals surface area contributed by atoms with Gasteiger partial charge in [0.2, 0.25) is 11.8 Å². The minimum absolute atomic E-state index is 0. The number of rotatable bonds is 7. The van der Waals surface area contributed by atoms with Crippen LogP contribution in [0.1, 0.15) is 44.3 Å². The van der Waals surface area contributed by atoms with Crippen LogP contribution in [0.4, 0.5) is 0 Å². The summed E-state index contributed by atoms with van der Waals surface area (Å²) in [6, 6.07) is 0.361. The molecule has 1 aromatic heterocycles. The molecule has 0 aromatic carbocycles. The van der Waals surface area contributed by atoms with Gasteiger partial charge in [-0.25, -0.2) is 0 Å². The highest BCUT2D eigenvalue weighted by Gasteiger charge is 2.29. The number of nitrogens with one attached hydrogen (secondary N) is 1. The van der Waals surface area contributed by atoms with Gasteiger partial charge in [0.05, 0.1) is 6.54 Å². The second-order valence-corrected chi connectivity index (χ2v) is 6.25. The summed E-state index contributed by atoms with van der Waals surface area (Å²) in [6.45, 7) is 7.07. The second kappa shape index (κ2) is 10.9. The van der Waals surface area contributed by atoms with Gasteiger partial charge in [-0.3, -0.25) is 9.69 Å². The minimum atomic E-state index is 0. The summed E-state index contributed by atoms with van der Waals surface area (Å²) >= 11 is 0. The zero-order valence-electron chi connectivity index (χ0n) is 14.8. The van der Waals surface area contributed by atoms with Gasteiger partial charge in [-0.1, -0.05) is 19.0 Å². The van der Waals surface area contributed by atoms with Crippen molar-refractivity contribution in [1.82, 2.24) is 25.3 Å². The maximum Gasteiger partial charge on any atom is 0.229 e. The van der Waals surface area contributed by atoms with E-state index in [0.717, 1.165) is 26.1 Å². The first-order valence-electron chi connectivity index (χ1n) is 7.96. The zero-order valence-corrected chi connectivity index (χ0v) is 16.5. The van der Waals surface area contributed by atoms with E-state index in [0.29, 0.717) is 30.7 Å². The molecule has 2 rings (SSSR count). The molecule has 1 N–H and O–H groups in total. The van der Waals surface area contributed by atoms with Crippen molar-refractivity contribution in [3.63, 3.8) is 0 Å². The number of carbonyl (C=O) groups is 1. The topological polar surface area (TPSA) is 74.5 Å². The Morgan fingerprint density at radius 1 is 1.46 bits per heavy atom. The van der Waals surface area contributed by atoms with Crippen LogP contribution in [0.5, 0.6) is 0 Å². The largest absolute Gasteiger partial charge is 0.341 e. The van der Waals surface area contributed by atoms with Gasteiger partial charge in [0.15, 0.2) is 5.82 Å². The molecule has 1 atom stereocenters. The molecule has 1 aliphatic rings. The van der Waals surface area contributed by atoms with E-state index in [-0.39, 0.29) is 36.6 Å². The van der Waals surface area contributed by atoms with Crippen LogP contribution in [-0.4, -0.2) is 65.6 Å². The third-order valence-electron chi connectivity index (χ3n) is 4.10. The van der Waals surface area contributed by atoms with E-state index in [4.69, 9.17) is 4.52 Å². The van der Waals surface area contributed by atoms with E-state index in [1.807, 2.05) is 25.8 Å². The highest BCUT2D eigenvalue weighted by molar-refractivity contribution is 5.85. The summed E-state index contributed by atoms with van der Waals surface area (Å²) in [5.74, 6) is 1.87. The Hall–Kier alpha value is -0.890. The lowest BCUT2D eigenvalue weighted by Gasteiger charge is -2.23. The van der Waals surface area contributed by atoms with Crippen LogP contribution in [0.2, 0.25) is 0 Å². The number of aromatic nitrogens is 2. The molecule has 140 valence electrons. The van der Waals surface area contributed by atoms with Gasteiger partial charge in [0, 0.05) is 38.0 Å². The Bertz CT molecular complexity index is 498. The number of likely N-dealkylation sites (tertiary alicyclic amines) is 1. The molecule has 1 fully saturated rings. The SMILES string of the molecule is CNCCC(=O)N1CCC(N(C)Cc2noc(C(C)C)n2)C1.Cl.Cl. The molecular weight excluding hydrogens is 353 g/mol. The molecule has 1 aliphatic heterocycles. The van der Waals surface area contributed by atoms with E-state index in [1.54, 1.807) is 0 Å². The van der Waals surface area contributed by atoms with Crippen LogP contribution < -0.4 is 5.32 Å². The average molecular weight is 382 g/mol. The van der Waals surface area contributed by atoms with Crippen molar-refractivity contribution in [3.05, 3.63) is 11.7 Å². The Labute approximate surface area is 156 Å². The van der Waals surface area contributed by atoms with Crippen LogP contribution in [-0.2, 0) is 11.3 Å². The van der Waals surface area contributed by atoms with Crippen molar-refractivity contribution in [2.75, 3.05) is 33.7 Å². The van der Waals surface area contributed by atoms with Crippen molar-refractivity contribution in [1.29, 1.82) is 0 Å². The fourth-order valence-electron chi connectivity index (χ4n) is 2.64. The van der Waals surface area contributed by atoms with Gasteiger partial charge in [-0.15, -0.1) is 24.8 Å². The Balaban J connectivity index is 0.00000264. The predicted octanol–water partition coefficient (Wildman–Crippen LogP) is 1.68. The number of nitrogens with zero attached hydrogens (tertiary/aromatic N) is 4. The molecule has 9 heteroatoms. The molecule has 0 aliphatic carbocycles. The monoisotopic (exact) mass is 381 g/mol. The van der Waals surface area contributed by atoms with Crippen LogP contribution in [0, 0.1) is 0 Å². The van der Waals surface area contributed by atoms with Crippen molar-refractivity contribution in [2.45, 2.75) is 45.2 Å². The lowest BCUT2D eigenvalue weighted by atomic mass is 10.2. The molecule has 1 amide bonds. The third-order valence-corrected chi connectivity index (χ3v) is 4.10. The fourth-order valence-corrected chi connectivity index (χ4v) is 2.64. The summed E-state index contributed by atoms with van der Waals surface area (Å²) < 4.78 is 5.23. The Morgan fingerprint density at radius 2 is 2.17 bits per heavy atom. The van der Waals surface area contributed by atoms with Crippen LogP contribution in [0.25, 0.3) is 0 Å². The van der Waals surface area contributed by atoms with Gasteiger partial charge in [0.25, 0.3) is 0 Å². The molecule has 1 aromatic rings. The van der Waals surface area contributed by atoms with Gasteiger partial charge < -0.3 is 14.7 Å². The first-order chi connectivity index (χ1) is 10.5. The van der Waals surface area contributed by atoms with Gasteiger partial charge >= 0.3 is 0 Å². The Morgan fingerprint density at radius 3 is 2.75 bits per heavy atom. The van der Waals surface area contributed by atoms with Gasteiger partial charge in [-0.05, 0) is 20.5 Å². The smallest absolute Gasteiger partial charge is 0.229 e. The molecule has 1 saturated heterocycles. The standard InChI is InChI=1S/C15H27N5O2.2ClH/c1-11(2)15-17-13(18-22-15)10-19(4)12-6-8-20(9-12)14(21)5-7-16-3;;/h11-12,16H,5-10H2,1-4H3;2*1H. The second-order valence-electron chi connectivity index (χ2n) is 6.25. The number of halogens is 2. The molecular formula is C15H29Cl2N5O2. The molecule has 0 saturated carbocycles. The first-order valence-corrected chi connectivity index (χ1v) is 7.96. The number of amides is 1. The lowest BCUT2D eigenvalue weighted by Crippen LogP contribution is -2.37. The van der Waals surface area contributed by atoms with Crippen LogP contribution in [0.3, 0.4) is 0 Å². The summed E-state index contributed by atoms with van der Waals surface area (Å²) in [7, 11) is 3.92. The maximum absolute atomic E-state index is 12.0. The van der Waals surface area contributed by atoms with Crippen LogP contribution >= 0.6 is 24.8 Å². The van der Waals surface area contributed by atoms with Crippen molar-refractivity contribution in [3.8, 4) is 0 Å². The molecule has 7 nitrogen and oxygen atoms in total. The Kier molecular flexibility index (Phi) is 10.5. The fraction of sp³-hybridized carbons (Fsp3) is 0.800. The normalized spacial score (nSPS) is 17.1. The average Bonchev–Trinajstić information content (AvgIpc) is 3.13. The summed E-state index contributed by atoms with van der Waals surface area (Å²) in [5.41, 5.74) is 0. The van der Waals surface area contributed by atoms with Crippen molar-refractivity contribution < 1.29 is 9.32 Å². The van der Waals surface area contributed by atoms with Crippen molar-refractivity contribution >= 4 is 30.7 Å². The van der Waals surface area contributed by atoms with E-state index in [9.17, 15) is 4.79 Å². The number of carbonyl (C=O) groups excluding carboxylic acids is 1. The molecule has 0 spiro atoms. The van der Waals surface area contributed by atoms with Gasteiger partial charge in [0.1, 0.15) is 0 Å². The van der Waals surface area contributed by atoms with Gasteiger partial charge in [-0.2, -0.15) is 4.98 Å². The minimum Gasteiger partial charge on any atom is -0.341 e. The summed E-state index contributed by atoms with van der Waals surface area (Å²) in [4.78, 5) is 20.6. The highest BCUT2D eigenvalue weighted by atomic mass is 35.5. The third kappa shape index (κ3) is 6.20. The molecule has 0 radical (unpaired) electrons. The number of hydrogen-bond donors (Lipinski definition) is 1. The summed E-state index contributed by atoms with van der Waals surface area (Å²) in [5, 5.41) is 7.04. The first kappa shape index (κ1) is 23.1. The van der Waals surface area contributed by atoms with E-state index >= 15 is 0 Å². The predicted molar refractivity (Wildman–Crippen MR) is 97.9 cm³/mol. The van der Waals surface area contributed by atoms with E-state index < -0.39 is 0 Å². The number of hydrogen-bond acceptors (Lipinski definition) is 6. The number of likely N-dealkylation sites (N-methyl/N-ethyl adjacent to an activating group) is 1. The zero-order chi connectivity index (χ0) is 16.1. The highest BCUT2D eigenvalue weighted by Crippen LogP contribution is 2.18. The molecule has 0 bridgehead atoms.